The quantitative estimate of drug-likeness (QED) is 0.649. The van der Waals surface area contributed by atoms with Crippen LogP contribution < -0.4 is 10.9 Å². The topological polar surface area (TPSA) is 58.2 Å². The van der Waals surface area contributed by atoms with Crippen LogP contribution in [0.1, 0.15) is 36.0 Å². The zero-order chi connectivity index (χ0) is 14.8. The Morgan fingerprint density at radius 3 is 2.10 bits per heavy atom. The van der Waals surface area contributed by atoms with E-state index in [1.807, 2.05) is 0 Å². The number of carbonyl (C=O) groups is 2. The molecule has 0 aromatic heterocycles. The second-order valence-corrected chi connectivity index (χ2v) is 6.56. The fraction of sp³-hybridized carbons (Fsp3) is 0.375. The van der Waals surface area contributed by atoms with Crippen LogP contribution in [0.2, 0.25) is 0 Å². The van der Waals surface area contributed by atoms with Crippen molar-refractivity contribution in [3.8, 4) is 0 Å². The van der Waals surface area contributed by atoms with Gasteiger partial charge in [0.05, 0.1) is 0 Å². The van der Waals surface area contributed by atoms with E-state index in [0.717, 1.165) is 4.47 Å². The van der Waals surface area contributed by atoms with Gasteiger partial charge in [0, 0.05) is 16.1 Å². The molecule has 0 bridgehead atoms. The lowest BCUT2D eigenvalue weighted by Gasteiger charge is -2.07. The maximum absolute atomic E-state index is 11.9. The highest BCUT2D eigenvalue weighted by atomic mass is 79.9. The van der Waals surface area contributed by atoms with Crippen molar-refractivity contribution in [2.24, 2.45) is 11.8 Å². The number of amides is 2. The highest BCUT2D eigenvalue weighted by Crippen LogP contribution is 2.48. The Balaban J connectivity index is 1.54. The van der Waals surface area contributed by atoms with Gasteiger partial charge in [-0.05, 0) is 61.8 Å². The Labute approximate surface area is 132 Å². The van der Waals surface area contributed by atoms with Gasteiger partial charge in [-0.1, -0.05) is 21.5 Å². The average molecular weight is 349 g/mol. The minimum Gasteiger partial charge on any atom is -0.268 e. The lowest BCUT2D eigenvalue weighted by atomic mass is 10.1. The first kappa shape index (κ1) is 14.3. The third kappa shape index (κ3) is 3.94. The van der Waals surface area contributed by atoms with E-state index in [4.69, 9.17) is 0 Å². The molecule has 21 heavy (non-hydrogen) atoms. The first-order valence-corrected chi connectivity index (χ1v) is 8.00. The molecule has 0 spiro atoms. The summed E-state index contributed by atoms with van der Waals surface area (Å²) in [5, 5.41) is 0. The summed E-state index contributed by atoms with van der Waals surface area (Å²) < 4.78 is 0.907. The molecule has 2 aliphatic rings. The third-order valence-corrected chi connectivity index (χ3v) is 4.33. The van der Waals surface area contributed by atoms with Crippen LogP contribution in [0.3, 0.4) is 0 Å². The van der Waals surface area contributed by atoms with Gasteiger partial charge >= 0.3 is 0 Å². The van der Waals surface area contributed by atoms with Crippen LogP contribution >= 0.6 is 15.9 Å². The summed E-state index contributed by atoms with van der Waals surface area (Å²) in [5.41, 5.74) is 6.68. The van der Waals surface area contributed by atoms with Gasteiger partial charge in [-0.15, -0.1) is 0 Å². The SMILES string of the molecule is O=C(C=C(C1CC1)C1CC1)NNC(=O)c1ccc(Br)cc1. The molecule has 2 aliphatic carbocycles. The number of carbonyl (C=O) groups excluding carboxylic acids is 2. The number of hydrogen-bond acceptors (Lipinski definition) is 2. The zero-order valence-corrected chi connectivity index (χ0v) is 13.2. The number of allylic oxidation sites excluding steroid dienone is 1. The molecule has 0 radical (unpaired) electrons. The molecule has 0 heterocycles. The summed E-state index contributed by atoms with van der Waals surface area (Å²) in [6, 6.07) is 6.96. The second-order valence-electron chi connectivity index (χ2n) is 5.64. The van der Waals surface area contributed by atoms with Gasteiger partial charge in [-0.3, -0.25) is 20.4 Å². The van der Waals surface area contributed by atoms with Gasteiger partial charge in [0.25, 0.3) is 11.8 Å². The predicted octanol–water partition coefficient (Wildman–Crippen LogP) is 2.96. The Morgan fingerprint density at radius 1 is 1.00 bits per heavy atom. The normalized spacial score (nSPS) is 17.0. The smallest absolute Gasteiger partial charge is 0.268 e. The van der Waals surface area contributed by atoms with E-state index >= 15 is 0 Å². The molecule has 2 N–H and O–H groups in total. The summed E-state index contributed by atoms with van der Waals surface area (Å²) in [7, 11) is 0. The Kier molecular flexibility index (Phi) is 4.10. The van der Waals surface area contributed by atoms with Crippen molar-refractivity contribution in [3.05, 3.63) is 46.0 Å². The number of halogens is 1. The monoisotopic (exact) mass is 348 g/mol. The minimum absolute atomic E-state index is 0.241. The molecular formula is C16H17BrN2O2. The molecule has 5 heteroatoms. The van der Waals surface area contributed by atoms with Crippen LogP contribution in [0.4, 0.5) is 0 Å². The molecule has 2 amide bonds. The molecule has 0 atom stereocenters. The highest BCUT2D eigenvalue weighted by molar-refractivity contribution is 9.10. The van der Waals surface area contributed by atoms with Crippen molar-refractivity contribution in [2.75, 3.05) is 0 Å². The molecule has 0 unspecified atom stereocenters. The standard InChI is InChI=1S/C16H17BrN2O2/c17-13-7-5-12(6-8-13)16(21)19-18-15(20)9-14(10-1-2-10)11-3-4-11/h5-11H,1-4H2,(H,18,20)(H,19,21). The first-order valence-electron chi connectivity index (χ1n) is 7.21. The van der Waals surface area contributed by atoms with Gasteiger partial charge < -0.3 is 0 Å². The fourth-order valence-corrected chi connectivity index (χ4v) is 2.65. The fourth-order valence-electron chi connectivity index (χ4n) is 2.38. The lowest BCUT2D eigenvalue weighted by Crippen LogP contribution is -2.41. The summed E-state index contributed by atoms with van der Waals surface area (Å²) in [5.74, 6) is 0.647. The minimum atomic E-state index is -0.316. The highest BCUT2D eigenvalue weighted by Gasteiger charge is 2.36. The number of rotatable bonds is 4. The van der Waals surface area contributed by atoms with Crippen LogP contribution in [0.15, 0.2) is 40.4 Å². The van der Waals surface area contributed by atoms with E-state index in [1.165, 1.54) is 31.3 Å². The largest absolute Gasteiger partial charge is 0.269 e. The van der Waals surface area contributed by atoms with Gasteiger partial charge in [0.1, 0.15) is 0 Å². The summed E-state index contributed by atoms with van der Waals surface area (Å²) in [6.07, 6.45) is 6.46. The van der Waals surface area contributed by atoms with E-state index in [1.54, 1.807) is 30.3 Å². The Bertz CT molecular complexity index is 573. The molecule has 1 aromatic carbocycles. The molecule has 2 fully saturated rings. The second kappa shape index (κ2) is 6.02. The van der Waals surface area contributed by atoms with Gasteiger partial charge in [0.15, 0.2) is 0 Å². The third-order valence-electron chi connectivity index (χ3n) is 3.80. The molecule has 110 valence electrons. The van der Waals surface area contributed by atoms with E-state index in [2.05, 4.69) is 26.8 Å². The van der Waals surface area contributed by atoms with Crippen molar-refractivity contribution < 1.29 is 9.59 Å². The van der Waals surface area contributed by atoms with Crippen molar-refractivity contribution in [3.63, 3.8) is 0 Å². The molecule has 0 saturated heterocycles. The maximum Gasteiger partial charge on any atom is 0.269 e. The van der Waals surface area contributed by atoms with Crippen LogP contribution in [-0.4, -0.2) is 11.8 Å². The van der Waals surface area contributed by atoms with Crippen molar-refractivity contribution in [2.45, 2.75) is 25.7 Å². The van der Waals surface area contributed by atoms with Crippen LogP contribution in [0.25, 0.3) is 0 Å². The number of nitrogens with one attached hydrogen (secondary N) is 2. The van der Waals surface area contributed by atoms with Gasteiger partial charge in [-0.2, -0.15) is 0 Å². The molecule has 0 aliphatic heterocycles. The van der Waals surface area contributed by atoms with E-state index < -0.39 is 0 Å². The molecular weight excluding hydrogens is 332 g/mol. The molecule has 2 saturated carbocycles. The number of benzene rings is 1. The van der Waals surface area contributed by atoms with Crippen LogP contribution in [0, 0.1) is 11.8 Å². The average Bonchev–Trinajstić information content (AvgIpc) is 3.36. The van der Waals surface area contributed by atoms with Crippen LogP contribution in [-0.2, 0) is 4.79 Å². The predicted molar refractivity (Wildman–Crippen MR) is 83.3 cm³/mol. The molecule has 4 nitrogen and oxygen atoms in total. The number of hydrogen-bond donors (Lipinski definition) is 2. The Morgan fingerprint density at radius 2 is 1.57 bits per heavy atom. The maximum atomic E-state index is 11.9. The van der Waals surface area contributed by atoms with Gasteiger partial charge in [0.2, 0.25) is 0 Å². The lowest BCUT2D eigenvalue weighted by molar-refractivity contribution is -0.117. The summed E-state index contributed by atoms with van der Waals surface area (Å²) >= 11 is 3.31. The number of hydrazine groups is 1. The van der Waals surface area contributed by atoms with E-state index in [-0.39, 0.29) is 11.8 Å². The van der Waals surface area contributed by atoms with E-state index in [0.29, 0.717) is 17.4 Å². The zero-order valence-electron chi connectivity index (χ0n) is 11.6. The molecule has 3 rings (SSSR count). The van der Waals surface area contributed by atoms with Crippen molar-refractivity contribution >= 4 is 27.7 Å². The van der Waals surface area contributed by atoms with E-state index in [9.17, 15) is 9.59 Å². The van der Waals surface area contributed by atoms with Crippen molar-refractivity contribution in [1.82, 2.24) is 10.9 Å². The summed E-state index contributed by atoms with van der Waals surface area (Å²) in [6.45, 7) is 0. The first-order chi connectivity index (χ1) is 10.1. The Hall–Kier alpha value is -1.62. The van der Waals surface area contributed by atoms with Crippen molar-refractivity contribution in [1.29, 1.82) is 0 Å². The molecule has 1 aromatic rings. The van der Waals surface area contributed by atoms with Crippen LogP contribution in [0.5, 0.6) is 0 Å². The summed E-state index contributed by atoms with van der Waals surface area (Å²) in [4.78, 5) is 23.8. The van der Waals surface area contributed by atoms with Gasteiger partial charge in [-0.25, -0.2) is 0 Å².